The number of hydrogen-bond donors (Lipinski definition) is 3. The van der Waals surface area contributed by atoms with Crippen LogP contribution in [0.25, 0.3) is 0 Å². The Morgan fingerprint density at radius 1 is 1.24 bits per heavy atom. The number of likely N-dealkylation sites (tertiary alicyclic amines) is 1. The van der Waals surface area contributed by atoms with Gasteiger partial charge in [-0.05, 0) is 50.2 Å². The molecule has 1 fully saturated rings. The summed E-state index contributed by atoms with van der Waals surface area (Å²) in [5, 5.41) is 2.75. The van der Waals surface area contributed by atoms with Gasteiger partial charge >= 0.3 is 0 Å². The Morgan fingerprint density at radius 3 is 2.28 bits per heavy atom. The van der Waals surface area contributed by atoms with E-state index in [1.165, 1.54) is 6.08 Å². The Balaban J connectivity index is 2.66. The van der Waals surface area contributed by atoms with Gasteiger partial charge in [0.1, 0.15) is 5.82 Å². The summed E-state index contributed by atoms with van der Waals surface area (Å²) < 4.78 is 0. The molecule has 0 saturated carbocycles. The van der Waals surface area contributed by atoms with Gasteiger partial charge in [0.05, 0.1) is 0 Å². The summed E-state index contributed by atoms with van der Waals surface area (Å²) in [5.41, 5.74) is 15.1. The lowest BCUT2D eigenvalue weighted by atomic mass is 9.83. The molecular weight excluding hydrogens is 312 g/mol. The smallest absolute Gasteiger partial charge is 0.251 e. The summed E-state index contributed by atoms with van der Waals surface area (Å²) in [6, 6.07) is -0.101. The number of amides is 1. The molecule has 1 aliphatic heterocycles. The van der Waals surface area contributed by atoms with Crippen molar-refractivity contribution in [3.05, 3.63) is 47.5 Å². The van der Waals surface area contributed by atoms with Crippen molar-refractivity contribution in [1.29, 1.82) is 0 Å². The molecule has 0 aromatic carbocycles. The second-order valence-electron chi connectivity index (χ2n) is 7.79. The second kappa shape index (κ2) is 8.90. The molecule has 0 bridgehead atoms. The maximum Gasteiger partial charge on any atom is 0.251 e. The molecule has 1 saturated heterocycles. The molecule has 0 aliphatic carbocycles. The first-order valence-electron chi connectivity index (χ1n) is 8.84. The molecule has 1 atom stereocenters. The largest absolute Gasteiger partial charge is 0.385 e. The van der Waals surface area contributed by atoms with Crippen LogP contribution in [0.15, 0.2) is 47.5 Å². The average Bonchev–Trinajstić information content (AvgIpc) is 2.49. The van der Waals surface area contributed by atoms with Crippen LogP contribution in [0.2, 0.25) is 0 Å². The highest BCUT2D eigenvalue weighted by molar-refractivity contribution is 5.88. The third-order valence-corrected chi connectivity index (χ3v) is 4.57. The first-order valence-corrected chi connectivity index (χ1v) is 8.84. The Labute approximate surface area is 152 Å². The molecular formula is C20H34N4O. The van der Waals surface area contributed by atoms with Crippen LogP contribution in [-0.4, -0.2) is 29.9 Å². The predicted molar refractivity (Wildman–Crippen MR) is 105 cm³/mol. The van der Waals surface area contributed by atoms with Crippen molar-refractivity contribution in [1.82, 2.24) is 10.2 Å². The number of rotatable bonds is 6. The molecule has 0 radical (unpaired) electrons. The molecule has 5 heteroatoms. The predicted octanol–water partition coefficient (Wildman–Crippen LogP) is 2.78. The molecule has 1 unspecified atom stereocenters. The Hall–Kier alpha value is -2.01. The SMILES string of the molecule is C=C(C)/C(=C\C(C)=C/NC(=O)/C=C(\N)N1CCC(C)(C)CC1)C(C)N. The van der Waals surface area contributed by atoms with Crippen molar-refractivity contribution in [3.8, 4) is 0 Å². The van der Waals surface area contributed by atoms with Crippen molar-refractivity contribution in [3.63, 3.8) is 0 Å². The second-order valence-corrected chi connectivity index (χ2v) is 7.79. The molecule has 1 heterocycles. The Kier molecular flexibility index (Phi) is 7.49. The lowest BCUT2D eigenvalue weighted by Crippen LogP contribution is -2.39. The van der Waals surface area contributed by atoms with Crippen molar-refractivity contribution in [2.75, 3.05) is 13.1 Å². The number of allylic oxidation sites excluding steroid dienone is 2. The summed E-state index contributed by atoms with van der Waals surface area (Å²) in [7, 11) is 0. The number of carbonyl (C=O) groups is 1. The van der Waals surface area contributed by atoms with Crippen LogP contribution in [0.4, 0.5) is 0 Å². The van der Waals surface area contributed by atoms with Crippen LogP contribution in [0.3, 0.4) is 0 Å². The molecule has 1 aliphatic rings. The summed E-state index contributed by atoms with van der Waals surface area (Å²) in [6.45, 7) is 16.0. The summed E-state index contributed by atoms with van der Waals surface area (Å²) >= 11 is 0. The minimum atomic E-state index is -0.229. The van der Waals surface area contributed by atoms with Gasteiger partial charge in [0, 0.05) is 31.4 Å². The zero-order valence-electron chi connectivity index (χ0n) is 16.4. The van der Waals surface area contributed by atoms with Crippen LogP contribution < -0.4 is 16.8 Å². The number of carbonyl (C=O) groups excluding carboxylic acids is 1. The lowest BCUT2D eigenvalue weighted by Gasteiger charge is -2.38. The molecule has 1 amide bonds. The van der Waals surface area contributed by atoms with E-state index in [-0.39, 0.29) is 11.9 Å². The van der Waals surface area contributed by atoms with Gasteiger partial charge in [-0.2, -0.15) is 0 Å². The standard InChI is InChI=1S/C20H34N4O/c1-14(2)17(16(4)21)11-15(3)13-23-19(25)12-18(22)24-9-7-20(5,6)8-10-24/h11-13,16H,1,7-10,21-22H2,2-6H3,(H,23,25)/b15-13-,17-11+,18-12+. The minimum absolute atomic E-state index is 0.101. The van der Waals surface area contributed by atoms with E-state index in [4.69, 9.17) is 11.5 Å². The quantitative estimate of drug-likeness (QED) is 0.510. The number of nitrogens with one attached hydrogen (secondary N) is 1. The van der Waals surface area contributed by atoms with Gasteiger partial charge in [-0.15, -0.1) is 0 Å². The lowest BCUT2D eigenvalue weighted by molar-refractivity contribution is -0.115. The monoisotopic (exact) mass is 346 g/mol. The third kappa shape index (κ3) is 7.18. The fourth-order valence-electron chi connectivity index (χ4n) is 2.75. The van der Waals surface area contributed by atoms with E-state index in [0.29, 0.717) is 11.2 Å². The molecule has 0 aromatic heterocycles. The zero-order chi connectivity index (χ0) is 19.2. The van der Waals surface area contributed by atoms with Gasteiger partial charge < -0.3 is 21.7 Å². The van der Waals surface area contributed by atoms with Gasteiger partial charge in [0.25, 0.3) is 5.91 Å². The van der Waals surface area contributed by atoms with Crippen LogP contribution in [0.1, 0.15) is 47.5 Å². The van der Waals surface area contributed by atoms with E-state index in [1.54, 1.807) is 6.20 Å². The van der Waals surface area contributed by atoms with Crippen LogP contribution in [0.5, 0.6) is 0 Å². The fourth-order valence-corrected chi connectivity index (χ4v) is 2.75. The maximum atomic E-state index is 12.1. The Bertz CT molecular complexity index is 587. The number of piperidine rings is 1. The highest BCUT2D eigenvalue weighted by Gasteiger charge is 2.25. The van der Waals surface area contributed by atoms with Crippen molar-refractivity contribution >= 4 is 5.91 Å². The van der Waals surface area contributed by atoms with Gasteiger partial charge in [0.2, 0.25) is 0 Å². The Morgan fingerprint density at radius 2 is 1.80 bits per heavy atom. The molecule has 5 N–H and O–H groups in total. The molecule has 140 valence electrons. The van der Waals surface area contributed by atoms with E-state index >= 15 is 0 Å². The van der Waals surface area contributed by atoms with Crippen LogP contribution >= 0.6 is 0 Å². The molecule has 25 heavy (non-hydrogen) atoms. The first kappa shape index (κ1) is 21.0. The fraction of sp³-hybridized carbons (Fsp3) is 0.550. The molecule has 0 spiro atoms. The highest BCUT2D eigenvalue weighted by Crippen LogP contribution is 2.30. The minimum Gasteiger partial charge on any atom is -0.385 e. The zero-order valence-corrected chi connectivity index (χ0v) is 16.4. The number of nitrogens with two attached hydrogens (primary N) is 2. The van der Waals surface area contributed by atoms with Crippen molar-refractivity contribution in [2.24, 2.45) is 16.9 Å². The third-order valence-electron chi connectivity index (χ3n) is 4.57. The van der Waals surface area contributed by atoms with Crippen LogP contribution in [0, 0.1) is 5.41 Å². The highest BCUT2D eigenvalue weighted by atomic mass is 16.1. The van der Waals surface area contributed by atoms with Gasteiger partial charge in [0.15, 0.2) is 0 Å². The van der Waals surface area contributed by atoms with E-state index in [1.807, 2.05) is 26.8 Å². The summed E-state index contributed by atoms with van der Waals surface area (Å²) in [4.78, 5) is 14.1. The van der Waals surface area contributed by atoms with E-state index in [2.05, 4.69) is 30.6 Å². The van der Waals surface area contributed by atoms with Crippen molar-refractivity contribution < 1.29 is 4.79 Å². The van der Waals surface area contributed by atoms with Gasteiger partial charge in [-0.3, -0.25) is 4.79 Å². The van der Waals surface area contributed by atoms with Gasteiger partial charge in [-0.25, -0.2) is 0 Å². The normalized spacial score (nSPS) is 20.2. The first-order chi connectivity index (χ1) is 11.5. The number of nitrogens with zero attached hydrogens (tertiary/aromatic N) is 1. The maximum absolute atomic E-state index is 12.1. The number of hydrogen-bond acceptors (Lipinski definition) is 4. The van der Waals surface area contributed by atoms with E-state index in [0.717, 1.165) is 42.7 Å². The summed E-state index contributed by atoms with van der Waals surface area (Å²) in [6.07, 6.45) is 7.21. The topological polar surface area (TPSA) is 84.4 Å². The van der Waals surface area contributed by atoms with Gasteiger partial charge in [-0.1, -0.05) is 32.1 Å². The van der Waals surface area contributed by atoms with Crippen LogP contribution in [-0.2, 0) is 4.79 Å². The van der Waals surface area contributed by atoms with E-state index in [9.17, 15) is 4.79 Å². The molecule has 5 nitrogen and oxygen atoms in total. The summed E-state index contributed by atoms with van der Waals surface area (Å²) in [5.74, 6) is 0.292. The molecule has 0 aromatic rings. The van der Waals surface area contributed by atoms with Crippen molar-refractivity contribution in [2.45, 2.75) is 53.5 Å². The average molecular weight is 347 g/mol. The molecule has 1 rings (SSSR count). The van der Waals surface area contributed by atoms with E-state index < -0.39 is 0 Å².